The van der Waals surface area contributed by atoms with Gasteiger partial charge in [-0.25, -0.2) is 9.97 Å². The smallest absolute Gasteiger partial charge is 0.276 e. The van der Waals surface area contributed by atoms with E-state index in [2.05, 4.69) is 15.3 Å². The molecular weight excluding hydrogens is 312 g/mol. The fourth-order valence-electron chi connectivity index (χ4n) is 2.44. The molecule has 0 aliphatic carbocycles. The normalized spacial score (nSPS) is 10.4. The third-order valence-corrected chi connectivity index (χ3v) is 3.83. The molecule has 0 spiro atoms. The maximum atomic E-state index is 12.8. The second-order valence-electron chi connectivity index (χ2n) is 5.91. The zero-order chi connectivity index (χ0) is 17.8. The van der Waals surface area contributed by atoms with E-state index in [4.69, 9.17) is 0 Å². The summed E-state index contributed by atoms with van der Waals surface area (Å²) in [5, 5.41) is 3.15. The van der Waals surface area contributed by atoms with Gasteiger partial charge in [0.25, 0.3) is 5.91 Å². The van der Waals surface area contributed by atoms with Crippen molar-refractivity contribution in [2.45, 2.75) is 13.8 Å². The number of rotatable bonds is 4. The molecule has 0 unspecified atom stereocenters. The van der Waals surface area contributed by atoms with E-state index in [1.54, 1.807) is 18.0 Å². The van der Waals surface area contributed by atoms with E-state index in [9.17, 15) is 4.79 Å². The highest BCUT2D eigenvalue weighted by Gasteiger charge is 2.16. The Morgan fingerprint density at radius 2 is 1.64 bits per heavy atom. The summed E-state index contributed by atoms with van der Waals surface area (Å²) in [5.74, 6) is 0.234. The van der Waals surface area contributed by atoms with E-state index in [0.717, 1.165) is 17.1 Å². The minimum absolute atomic E-state index is 0.177. The molecule has 25 heavy (non-hydrogen) atoms. The Labute approximate surface area is 147 Å². The quantitative estimate of drug-likeness (QED) is 0.781. The fourth-order valence-corrected chi connectivity index (χ4v) is 2.44. The van der Waals surface area contributed by atoms with Gasteiger partial charge in [-0.3, -0.25) is 4.79 Å². The number of carbonyl (C=O) groups is 1. The Bertz CT molecular complexity index is 876. The highest BCUT2D eigenvalue weighted by atomic mass is 16.2. The Hall–Kier alpha value is -3.21. The molecule has 1 aromatic heterocycles. The number of nitrogens with one attached hydrogen (secondary N) is 1. The number of hydrogen-bond acceptors (Lipinski definition) is 4. The summed E-state index contributed by atoms with van der Waals surface area (Å²) in [6.45, 7) is 3.88. The van der Waals surface area contributed by atoms with Crippen LogP contribution in [0.15, 0.2) is 60.7 Å². The summed E-state index contributed by atoms with van der Waals surface area (Å²) in [7, 11) is 1.74. The van der Waals surface area contributed by atoms with Crippen LogP contribution in [0.1, 0.15) is 21.7 Å². The topological polar surface area (TPSA) is 58.1 Å². The maximum absolute atomic E-state index is 12.8. The van der Waals surface area contributed by atoms with Crippen LogP contribution in [0.4, 0.5) is 17.3 Å². The van der Waals surface area contributed by atoms with Crippen molar-refractivity contribution in [3.05, 3.63) is 77.6 Å². The second-order valence-corrected chi connectivity index (χ2v) is 5.91. The number of hydrogen-bond donors (Lipinski definition) is 1. The zero-order valence-corrected chi connectivity index (χ0v) is 14.5. The second kappa shape index (κ2) is 7.13. The van der Waals surface area contributed by atoms with Gasteiger partial charge in [0, 0.05) is 24.1 Å². The molecule has 0 bridgehead atoms. The first-order valence-electron chi connectivity index (χ1n) is 8.05. The van der Waals surface area contributed by atoms with E-state index >= 15 is 0 Å². The van der Waals surface area contributed by atoms with Gasteiger partial charge in [0.2, 0.25) is 5.95 Å². The fraction of sp³-hybridized carbons (Fsp3) is 0.150. The lowest BCUT2D eigenvalue weighted by atomic mass is 10.2. The predicted octanol–water partition coefficient (Wildman–Crippen LogP) is 4.11. The molecule has 0 aliphatic heterocycles. The molecule has 1 amide bonds. The number of aryl methyl sites for hydroxylation is 2. The number of anilines is 3. The van der Waals surface area contributed by atoms with Crippen LogP contribution in [0.5, 0.6) is 0 Å². The molecular formula is C20H20N4O. The molecule has 0 atom stereocenters. The van der Waals surface area contributed by atoms with Crippen molar-refractivity contribution in [2.24, 2.45) is 0 Å². The first kappa shape index (κ1) is 16.6. The largest absolute Gasteiger partial charge is 0.324 e. The molecule has 0 saturated heterocycles. The van der Waals surface area contributed by atoms with E-state index in [0.29, 0.717) is 11.6 Å². The third-order valence-electron chi connectivity index (χ3n) is 3.83. The SMILES string of the molecule is Cc1ccc(Nc2nc(C)cc(C(=O)N(C)c3ccccc3)n2)cc1. The standard InChI is InChI=1S/C20H20N4O/c1-14-9-11-16(12-10-14)22-20-21-15(2)13-18(23-20)19(25)24(3)17-7-5-4-6-8-17/h4-13H,1-3H3,(H,21,22,23). The van der Waals surface area contributed by atoms with Crippen LogP contribution in [0.2, 0.25) is 0 Å². The van der Waals surface area contributed by atoms with Crippen molar-refractivity contribution < 1.29 is 4.79 Å². The third kappa shape index (κ3) is 4.01. The molecule has 0 fully saturated rings. The van der Waals surface area contributed by atoms with Crippen LogP contribution in [-0.2, 0) is 0 Å². The van der Waals surface area contributed by atoms with Crippen LogP contribution in [0.25, 0.3) is 0 Å². The predicted molar refractivity (Wildman–Crippen MR) is 100 cm³/mol. The summed E-state index contributed by atoms with van der Waals surface area (Å²) < 4.78 is 0. The van der Waals surface area contributed by atoms with Gasteiger partial charge in [0.15, 0.2) is 0 Å². The van der Waals surface area contributed by atoms with Crippen LogP contribution >= 0.6 is 0 Å². The van der Waals surface area contributed by atoms with Crippen molar-refractivity contribution >= 4 is 23.2 Å². The van der Waals surface area contributed by atoms with Crippen molar-refractivity contribution in [3.8, 4) is 0 Å². The van der Waals surface area contributed by atoms with Gasteiger partial charge in [0.05, 0.1) is 0 Å². The first-order chi connectivity index (χ1) is 12.0. The Kier molecular flexibility index (Phi) is 4.75. The van der Waals surface area contributed by atoms with Gasteiger partial charge in [-0.15, -0.1) is 0 Å². The summed E-state index contributed by atoms with van der Waals surface area (Å²) in [5.41, 5.74) is 3.96. The highest BCUT2D eigenvalue weighted by Crippen LogP contribution is 2.17. The first-order valence-corrected chi connectivity index (χ1v) is 8.05. The summed E-state index contributed by atoms with van der Waals surface area (Å²) in [6, 6.07) is 19.1. The van der Waals surface area contributed by atoms with Gasteiger partial charge < -0.3 is 10.2 Å². The van der Waals surface area contributed by atoms with E-state index < -0.39 is 0 Å². The van der Waals surface area contributed by atoms with Gasteiger partial charge in [0.1, 0.15) is 5.69 Å². The molecule has 0 saturated carbocycles. The molecule has 1 heterocycles. The van der Waals surface area contributed by atoms with Gasteiger partial charge in [-0.05, 0) is 44.2 Å². The summed E-state index contributed by atoms with van der Waals surface area (Å²) in [6.07, 6.45) is 0. The van der Waals surface area contributed by atoms with E-state index in [1.807, 2.05) is 68.4 Å². The molecule has 5 nitrogen and oxygen atoms in total. The van der Waals surface area contributed by atoms with Crippen LogP contribution in [0, 0.1) is 13.8 Å². The zero-order valence-electron chi connectivity index (χ0n) is 14.5. The van der Waals surface area contributed by atoms with Crippen molar-refractivity contribution in [1.82, 2.24) is 9.97 Å². The van der Waals surface area contributed by atoms with Gasteiger partial charge in [-0.1, -0.05) is 35.9 Å². The van der Waals surface area contributed by atoms with Crippen molar-refractivity contribution in [3.63, 3.8) is 0 Å². The minimum Gasteiger partial charge on any atom is -0.324 e. The Morgan fingerprint density at radius 3 is 2.32 bits per heavy atom. The molecule has 2 aromatic carbocycles. The number of nitrogens with zero attached hydrogens (tertiary/aromatic N) is 3. The average Bonchev–Trinajstić information content (AvgIpc) is 2.62. The van der Waals surface area contributed by atoms with Gasteiger partial charge >= 0.3 is 0 Å². The molecule has 3 aromatic rings. The molecule has 0 radical (unpaired) electrons. The van der Waals surface area contributed by atoms with E-state index in [-0.39, 0.29) is 5.91 Å². The molecule has 3 rings (SSSR count). The lowest BCUT2D eigenvalue weighted by molar-refractivity contribution is 0.0988. The molecule has 5 heteroatoms. The summed E-state index contributed by atoms with van der Waals surface area (Å²) in [4.78, 5) is 23.1. The molecule has 126 valence electrons. The lowest BCUT2D eigenvalue weighted by Gasteiger charge is -2.17. The van der Waals surface area contributed by atoms with Crippen molar-refractivity contribution in [1.29, 1.82) is 0 Å². The average molecular weight is 332 g/mol. The van der Waals surface area contributed by atoms with Crippen LogP contribution in [-0.4, -0.2) is 22.9 Å². The Balaban J connectivity index is 1.86. The lowest BCUT2D eigenvalue weighted by Crippen LogP contribution is -2.27. The number of benzene rings is 2. The molecule has 1 N–H and O–H groups in total. The van der Waals surface area contributed by atoms with Crippen LogP contribution in [0.3, 0.4) is 0 Å². The summed E-state index contributed by atoms with van der Waals surface area (Å²) >= 11 is 0. The number of carbonyl (C=O) groups excluding carboxylic acids is 1. The highest BCUT2D eigenvalue weighted by molar-refractivity contribution is 6.04. The van der Waals surface area contributed by atoms with E-state index in [1.165, 1.54) is 5.56 Å². The Morgan fingerprint density at radius 1 is 0.960 bits per heavy atom. The van der Waals surface area contributed by atoms with Crippen molar-refractivity contribution in [2.75, 3.05) is 17.3 Å². The maximum Gasteiger partial charge on any atom is 0.276 e. The number of amides is 1. The van der Waals surface area contributed by atoms with Gasteiger partial charge in [-0.2, -0.15) is 0 Å². The number of aromatic nitrogens is 2. The number of para-hydroxylation sites is 1. The monoisotopic (exact) mass is 332 g/mol. The van der Waals surface area contributed by atoms with Crippen LogP contribution < -0.4 is 10.2 Å². The molecule has 0 aliphatic rings. The minimum atomic E-state index is -0.177.